The van der Waals surface area contributed by atoms with Crippen LogP contribution in [0, 0.1) is 10.1 Å². The van der Waals surface area contributed by atoms with Crippen LogP contribution >= 0.6 is 0 Å². The Morgan fingerprint density at radius 1 is 0.967 bits per heavy atom. The molecular formula is C18H22N6O5S. The lowest BCUT2D eigenvalue weighted by molar-refractivity contribution is -0.384. The Kier molecular flexibility index (Phi) is 5.79. The lowest BCUT2D eigenvalue weighted by atomic mass is 10.3. The number of rotatable bonds is 5. The lowest BCUT2D eigenvalue weighted by Gasteiger charge is -2.35. The summed E-state index contributed by atoms with van der Waals surface area (Å²) in [7, 11) is -3.71. The topological polar surface area (TPSA) is 122 Å². The first kappa shape index (κ1) is 20.4. The zero-order chi connectivity index (χ0) is 21.1. The molecular weight excluding hydrogens is 412 g/mol. The van der Waals surface area contributed by atoms with E-state index >= 15 is 0 Å². The molecule has 4 rings (SSSR count). The molecule has 0 saturated carbocycles. The van der Waals surface area contributed by atoms with Crippen LogP contribution < -0.4 is 9.80 Å². The molecule has 2 aromatic rings. The molecule has 160 valence electrons. The second-order valence-corrected chi connectivity index (χ2v) is 8.95. The van der Waals surface area contributed by atoms with Crippen LogP contribution in [0.4, 0.5) is 17.2 Å². The highest BCUT2D eigenvalue weighted by atomic mass is 32.2. The van der Waals surface area contributed by atoms with Gasteiger partial charge >= 0.3 is 0 Å². The zero-order valence-electron chi connectivity index (χ0n) is 16.3. The largest absolute Gasteiger partial charge is 0.378 e. The van der Waals surface area contributed by atoms with Crippen molar-refractivity contribution in [3.8, 4) is 0 Å². The van der Waals surface area contributed by atoms with Crippen molar-refractivity contribution in [2.75, 3.05) is 62.3 Å². The highest BCUT2D eigenvalue weighted by Crippen LogP contribution is 2.24. The first-order valence-electron chi connectivity index (χ1n) is 9.60. The van der Waals surface area contributed by atoms with E-state index < -0.39 is 14.9 Å². The van der Waals surface area contributed by atoms with Gasteiger partial charge in [0.05, 0.1) is 34.9 Å². The van der Waals surface area contributed by atoms with Crippen LogP contribution in [0.3, 0.4) is 0 Å². The summed E-state index contributed by atoms with van der Waals surface area (Å²) in [4.78, 5) is 14.5. The van der Waals surface area contributed by atoms with Gasteiger partial charge in [0.2, 0.25) is 10.0 Å². The fourth-order valence-corrected chi connectivity index (χ4v) is 4.96. The molecule has 1 aromatic carbocycles. The fraction of sp³-hybridized carbons (Fsp3) is 0.444. The van der Waals surface area contributed by atoms with E-state index in [2.05, 4.69) is 15.1 Å². The van der Waals surface area contributed by atoms with E-state index in [4.69, 9.17) is 4.74 Å². The zero-order valence-corrected chi connectivity index (χ0v) is 17.1. The minimum Gasteiger partial charge on any atom is -0.378 e. The van der Waals surface area contributed by atoms with Crippen LogP contribution in [0.5, 0.6) is 0 Å². The number of morpholine rings is 1. The van der Waals surface area contributed by atoms with Crippen LogP contribution in [0.2, 0.25) is 0 Å². The van der Waals surface area contributed by atoms with Crippen LogP contribution in [0.15, 0.2) is 41.4 Å². The Morgan fingerprint density at radius 3 is 2.27 bits per heavy atom. The molecule has 0 atom stereocenters. The van der Waals surface area contributed by atoms with Crippen LogP contribution in [0.1, 0.15) is 0 Å². The first-order chi connectivity index (χ1) is 14.4. The van der Waals surface area contributed by atoms with Gasteiger partial charge < -0.3 is 14.5 Å². The number of nitro benzene ring substituents is 1. The van der Waals surface area contributed by atoms with E-state index in [0.717, 1.165) is 18.8 Å². The number of piperazine rings is 1. The highest BCUT2D eigenvalue weighted by Gasteiger charge is 2.29. The molecule has 1 aromatic heterocycles. The van der Waals surface area contributed by atoms with E-state index in [-0.39, 0.29) is 10.6 Å². The summed E-state index contributed by atoms with van der Waals surface area (Å²) in [6.45, 7) is 4.50. The maximum Gasteiger partial charge on any atom is 0.269 e. The number of hydrogen-bond donors (Lipinski definition) is 0. The average molecular weight is 434 g/mol. The SMILES string of the molecule is O=[N+]([O-])c1ccc(S(=O)(=O)N2CCN(c3cc(N4CCOCC4)cnn3)CC2)cc1. The molecule has 0 amide bonds. The predicted molar refractivity (Wildman–Crippen MR) is 109 cm³/mol. The number of ether oxygens (including phenoxy) is 1. The predicted octanol–water partition coefficient (Wildman–Crippen LogP) is 0.732. The normalized spacial score (nSPS) is 18.4. The smallest absolute Gasteiger partial charge is 0.269 e. The summed E-state index contributed by atoms with van der Waals surface area (Å²) in [6, 6.07) is 6.93. The molecule has 0 radical (unpaired) electrons. The Balaban J connectivity index is 1.42. The standard InChI is InChI=1S/C18H22N6O5S/c25-24(26)15-1-3-17(4-2-15)30(27,28)23-7-5-22(6-8-23)18-13-16(14-19-20-18)21-9-11-29-12-10-21/h1-4,13-14H,5-12H2. The third kappa shape index (κ3) is 4.20. The molecule has 2 fully saturated rings. The van der Waals surface area contributed by atoms with Crippen molar-refractivity contribution >= 4 is 27.2 Å². The van der Waals surface area contributed by atoms with Gasteiger partial charge in [-0.25, -0.2) is 8.42 Å². The van der Waals surface area contributed by atoms with Gasteiger partial charge in [0.15, 0.2) is 5.82 Å². The number of anilines is 2. The molecule has 0 unspecified atom stereocenters. The van der Waals surface area contributed by atoms with Gasteiger partial charge in [0.1, 0.15) is 0 Å². The number of non-ortho nitro benzene ring substituents is 1. The number of aromatic nitrogens is 2. The first-order valence-corrected chi connectivity index (χ1v) is 11.0. The minimum atomic E-state index is -3.71. The summed E-state index contributed by atoms with van der Waals surface area (Å²) in [5.41, 5.74) is 0.835. The van der Waals surface area contributed by atoms with E-state index in [0.29, 0.717) is 45.2 Å². The fourth-order valence-electron chi connectivity index (χ4n) is 3.54. The number of sulfonamides is 1. The summed E-state index contributed by atoms with van der Waals surface area (Å²) in [6.07, 6.45) is 1.73. The molecule has 2 aliphatic rings. The van der Waals surface area contributed by atoms with E-state index in [1.807, 2.05) is 11.0 Å². The van der Waals surface area contributed by atoms with Crippen molar-refractivity contribution in [3.63, 3.8) is 0 Å². The number of nitrogens with zero attached hydrogens (tertiary/aromatic N) is 6. The van der Waals surface area contributed by atoms with E-state index in [1.54, 1.807) is 6.20 Å². The molecule has 2 saturated heterocycles. The summed E-state index contributed by atoms with van der Waals surface area (Å²) < 4.78 is 32.5. The van der Waals surface area contributed by atoms with Crippen molar-refractivity contribution in [2.45, 2.75) is 4.90 Å². The van der Waals surface area contributed by atoms with Gasteiger partial charge in [-0.15, -0.1) is 5.10 Å². The molecule has 0 spiro atoms. The summed E-state index contributed by atoms with van der Waals surface area (Å²) in [5, 5.41) is 19.1. The summed E-state index contributed by atoms with van der Waals surface area (Å²) >= 11 is 0. The molecule has 2 aliphatic heterocycles. The lowest BCUT2D eigenvalue weighted by Crippen LogP contribution is -2.49. The summed E-state index contributed by atoms with van der Waals surface area (Å²) in [5.74, 6) is 0.714. The molecule has 0 N–H and O–H groups in total. The van der Waals surface area contributed by atoms with Gasteiger partial charge in [0.25, 0.3) is 5.69 Å². The van der Waals surface area contributed by atoms with Gasteiger partial charge in [-0.05, 0) is 12.1 Å². The van der Waals surface area contributed by atoms with Crippen LogP contribution in [-0.4, -0.2) is 80.3 Å². The third-order valence-electron chi connectivity index (χ3n) is 5.25. The molecule has 3 heterocycles. The van der Waals surface area contributed by atoms with Gasteiger partial charge in [-0.2, -0.15) is 9.40 Å². The van der Waals surface area contributed by atoms with Crippen molar-refractivity contribution in [1.82, 2.24) is 14.5 Å². The van der Waals surface area contributed by atoms with Gasteiger partial charge in [-0.3, -0.25) is 10.1 Å². The van der Waals surface area contributed by atoms with Crippen molar-refractivity contribution < 1.29 is 18.1 Å². The van der Waals surface area contributed by atoms with Crippen molar-refractivity contribution in [3.05, 3.63) is 46.6 Å². The molecule has 12 heteroatoms. The van der Waals surface area contributed by atoms with Crippen molar-refractivity contribution in [2.24, 2.45) is 0 Å². The Bertz CT molecular complexity index is 1000. The number of benzene rings is 1. The molecule has 0 aliphatic carbocycles. The van der Waals surface area contributed by atoms with Crippen molar-refractivity contribution in [1.29, 1.82) is 0 Å². The van der Waals surface area contributed by atoms with Crippen LogP contribution in [0.25, 0.3) is 0 Å². The highest BCUT2D eigenvalue weighted by molar-refractivity contribution is 7.89. The van der Waals surface area contributed by atoms with Gasteiger partial charge in [-0.1, -0.05) is 0 Å². The van der Waals surface area contributed by atoms with E-state index in [1.165, 1.54) is 28.6 Å². The maximum atomic E-state index is 12.9. The Morgan fingerprint density at radius 2 is 1.63 bits per heavy atom. The average Bonchev–Trinajstić information content (AvgIpc) is 2.80. The third-order valence-corrected chi connectivity index (χ3v) is 7.16. The minimum absolute atomic E-state index is 0.0515. The molecule has 11 nitrogen and oxygen atoms in total. The number of nitro groups is 1. The van der Waals surface area contributed by atoms with E-state index in [9.17, 15) is 18.5 Å². The quantitative estimate of drug-likeness (QED) is 0.495. The number of hydrogen-bond acceptors (Lipinski definition) is 9. The molecule has 0 bridgehead atoms. The van der Waals surface area contributed by atoms with Crippen LogP contribution in [-0.2, 0) is 14.8 Å². The maximum absolute atomic E-state index is 12.9. The second-order valence-electron chi connectivity index (χ2n) is 7.01. The molecule has 30 heavy (non-hydrogen) atoms. The Labute approximate surface area is 174 Å². The Hall–Kier alpha value is -2.83. The monoisotopic (exact) mass is 434 g/mol. The second kappa shape index (κ2) is 8.50. The van der Waals surface area contributed by atoms with Gasteiger partial charge in [0, 0.05) is 57.5 Å².